The largest absolute Gasteiger partial charge is 0.344 e. The first-order valence-corrected chi connectivity index (χ1v) is 17.3. The van der Waals surface area contributed by atoms with Crippen LogP contribution in [0.2, 0.25) is 0 Å². The maximum absolute atomic E-state index is 6.00. The van der Waals surface area contributed by atoms with Crippen LogP contribution in [0.3, 0.4) is 0 Å². The molecule has 0 unspecified atom stereocenters. The third-order valence-electron chi connectivity index (χ3n) is 6.16. The van der Waals surface area contributed by atoms with Crippen LogP contribution in [0.15, 0.2) is 0 Å². The lowest BCUT2D eigenvalue weighted by molar-refractivity contribution is 0.104. The Kier molecular flexibility index (Phi) is 25.5. The van der Waals surface area contributed by atoms with Gasteiger partial charge in [0.15, 0.2) is 0 Å². The Bertz CT molecular complexity index is 439. The van der Waals surface area contributed by atoms with Crippen molar-refractivity contribution in [3.05, 3.63) is 0 Å². The van der Waals surface area contributed by atoms with Crippen molar-refractivity contribution in [3.8, 4) is 0 Å². The normalized spacial score (nSPS) is 12.3. The van der Waals surface area contributed by atoms with Crippen molar-refractivity contribution in [2.24, 2.45) is 11.8 Å². The monoisotopic (exact) mass is 521 g/mol. The zero-order chi connectivity index (χ0) is 25.3. The molecule has 0 saturated heterocycles. The van der Waals surface area contributed by atoms with Crippen LogP contribution in [0.4, 0.5) is 0 Å². The van der Waals surface area contributed by atoms with Gasteiger partial charge in [0.05, 0.1) is 13.2 Å². The van der Waals surface area contributed by atoms with Crippen LogP contribution < -0.4 is 5.48 Å². The van der Waals surface area contributed by atoms with E-state index in [0.29, 0.717) is 13.2 Å². The summed E-state index contributed by atoms with van der Waals surface area (Å²) in [7, 11) is 0. The summed E-state index contributed by atoms with van der Waals surface area (Å²) in [4.78, 5) is 0. The van der Waals surface area contributed by atoms with Crippen molar-refractivity contribution in [1.29, 1.82) is 0 Å². The highest BCUT2D eigenvalue weighted by Gasteiger charge is 2.21. The third-order valence-corrected chi connectivity index (χ3v) is 8.37. The summed E-state index contributed by atoms with van der Waals surface area (Å²) in [5.41, 5.74) is 3.08. The van der Waals surface area contributed by atoms with Crippen LogP contribution >= 0.6 is 6.72 Å². The molecule has 0 rings (SSSR count). The molecule has 0 saturated carbocycles. The highest BCUT2D eigenvalue weighted by atomic mass is 32.5. The van der Waals surface area contributed by atoms with Gasteiger partial charge in [-0.25, -0.2) is 4.62 Å². The van der Waals surface area contributed by atoms with Gasteiger partial charge in [-0.15, -0.1) is 0 Å². The van der Waals surface area contributed by atoms with Gasteiger partial charge in [-0.05, 0) is 42.9 Å². The maximum Gasteiger partial charge on any atom is 0.344 e. The average molecular weight is 522 g/mol. The lowest BCUT2D eigenvalue weighted by Gasteiger charge is -2.22. The molecule has 0 radical (unpaired) electrons. The van der Waals surface area contributed by atoms with Gasteiger partial charge >= 0.3 is 6.72 Å². The standard InChI is InChI=1S/C28H60NO3PS/c1-6-7-8-9-10-11-12-13-14-19-24-29-32-33(34,30-25-20-15-17-22-27(2)3)31-26-21-16-18-23-28(4)5/h27-29H,6-26H2,1-5H3. The zero-order valence-electron chi connectivity index (χ0n) is 23.6. The molecular weight excluding hydrogens is 461 g/mol. The Hall–Kier alpha value is 0.490. The highest BCUT2D eigenvalue weighted by molar-refractivity contribution is 8.07. The van der Waals surface area contributed by atoms with Gasteiger partial charge in [0, 0.05) is 6.54 Å². The fourth-order valence-corrected chi connectivity index (χ4v) is 5.65. The van der Waals surface area contributed by atoms with Gasteiger partial charge in [0.1, 0.15) is 0 Å². The second-order valence-electron chi connectivity index (χ2n) is 10.8. The molecule has 4 nitrogen and oxygen atoms in total. The van der Waals surface area contributed by atoms with Gasteiger partial charge in [-0.1, -0.05) is 131 Å². The van der Waals surface area contributed by atoms with E-state index in [9.17, 15) is 0 Å². The fraction of sp³-hybridized carbons (Fsp3) is 1.00. The minimum atomic E-state index is -2.71. The molecule has 0 aliphatic rings. The van der Waals surface area contributed by atoms with E-state index < -0.39 is 6.72 Å². The minimum Gasteiger partial charge on any atom is -0.308 e. The number of unbranched alkanes of at least 4 members (excludes halogenated alkanes) is 13. The van der Waals surface area contributed by atoms with Gasteiger partial charge in [-0.2, -0.15) is 5.48 Å². The van der Waals surface area contributed by atoms with E-state index in [-0.39, 0.29) is 0 Å². The molecule has 206 valence electrons. The van der Waals surface area contributed by atoms with E-state index in [0.717, 1.165) is 37.6 Å². The summed E-state index contributed by atoms with van der Waals surface area (Å²) in [6, 6.07) is 0. The molecule has 0 aliphatic heterocycles. The Morgan fingerprint density at radius 1 is 0.588 bits per heavy atom. The van der Waals surface area contributed by atoms with Gasteiger partial charge in [0.2, 0.25) is 0 Å². The van der Waals surface area contributed by atoms with E-state index >= 15 is 0 Å². The molecule has 0 fully saturated rings. The van der Waals surface area contributed by atoms with Gasteiger partial charge in [-0.3, -0.25) is 0 Å². The summed E-state index contributed by atoms with van der Waals surface area (Å²) >= 11 is 5.70. The van der Waals surface area contributed by atoms with Crippen LogP contribution in [-0.4, -0.2) is 19.8 Å². The van der Waals surface area contributed by atoms with Crippen molar-refractivity contribution in [2.45, 2.75) is 150 Å². The van der Waals surface area contributed by atoms with E-state index in [4.69, 9.17) is 25.5 Å². The van der Waals surface area contributed by atoms with Gasteiger partial charge < -0.3 is 9.05 Å². The highest BCUT2D eigenvalue weighted by Crippen LogP contribution is 2.49. The molecule has 0 aliphatic carbocycles. The number of nitrogens with one attached hydrogen (secondary N) is 1. The second kappa shape index (κ2) is 25.2. The lowest BCUT2D eigenvalue weighted by atomic mass is 10.1. The Morgan fingerprint density at radius 2 is 1.00 bits per heavy atom. The molecule has 1 N–H and O–H groups in total. The van der Waals surface area contributed by atoms with Gasteiger partial charge in [0.25, 0.3) is 0 Å². The molecule has 34 heavy (non-hydrogen) atoms. The van der Waals surface area contributed by atoms with Crippen LogP contribution in [-0.2, 0) is 25.5 Å². The van der Waals surface area contributed by atoms with Crippen LogP contribution in [0.5, 0.6) is 0 Å². The smallest absolute Gasteiger partial charge is 0.308 e. The van der Waals surface area contributed by atoms with E-state index in [1.807, 2.05) is 0 Å². The van der Waals surface area contributed by atoms with Crippen molar-refractivity contribution < 1.29 is 13.7 Å². The van der Waals surface area contributed by atoms with Crippen LogP contribution in [0.25, 0.3) is 0 Å². The van der Waals surface area contributed by atoms with Crippen molar-refractivity contribution in [1.82, 2.24) is 5.48 Å². The van der Waals surface area contributed by atoms with E-state index in [1.54, 1.807) is 0 Å². The maximum atomic E-state index is 6.00. The number of hydrogen-bond donors (Lipinski definition) is 1. The Morgan fingerprint density at radius 3 is 1.44 bits per heavy atom. The van der Waals surface area contributed by atoms with Crippen molar-refractivity contribution >= 4 is 18.5 Å². The lowest BCUT2D eigenvalue weighted by Crippen LogP contribution is -2.17. The van der Waals surface area contributed by atoms with E-state index in [1.165, 1.54) is 96.3 Å². The Labute approximate surface area is 219 Å². The van der Waals surface area contributed by atoms with Crippen LogP contribution in [0, 0.1) is 11.8 Å². The molecule has 0 atom stereocenters. The predicted molar refractivity (Wildman–Crippen MR) is 154 cm³/mol. The number of hydrogen-bond acceptors (Lipinski definition) is 5. The molecule has 0 aromatic rings. The quantitative estimate of drug-likeness (QED) is 0.0661. The molecule has 0 heterocycles. The summed E-state index contributed by atoms with van der Waals surface area (Å²) in [5.74, 6) is 1.53. The van der Waals surface area contributed by atoms with Crippen molar-refractivity contribution in [2.75, 3.05) is 19.8 Å². The fourth-order valence-electron chi connectivity index (χ4n) is 3.91. The predicted octanol–water partition coefficient (Wildman–Crippen LogP) is 10.1. The number of hydroxylamine groups is 1. The average Bonchev–Trinajstić information content (AvgIpc) is 2.79. The zero-order valence-corrected chi connectivity index (χ0v) is 25.3. The summed E-state index contributed by atoms with van der Waals surface area (Å²) in [5, 5.41) is 0. The minimum absolute atomic E-state index is 0.628. The molecule has 6 heteroatoms. The molecule has 0 amide bonds. The van der Waals surface area contributed by atoms with Crippen molar-refractivity contribution in [3.63, 3.8) is 0 Å². The first kappa shape index (κ1) is 34.5. The molecule has 0 aromatic heterocycles. The SMILES string of the molecule is CCCCCCCCCCCCNOP(=S)(OCCCCCC(C)C)OCCCCCC(C)C. The van der Waals surface area contributed by atoms with Crippen LogP contribution in [0.1, 0.15) is 150 Å². The molecule has 0 aromatic carbocycles. The summed E-state index contributed by atoms with van der Waals surface area (Å²) in [6.07, 6.45) is 22.8. The molecular formula is C28H60NO3PS. The first-order valence-electron chi connectivity index (χ1n) is 14.7. The third kappa shape index (κ3) is 25.6. The molecule has 0 bridgehead atoms. The second-order valence-corrected chi connectivity index (χ2v) is 13.7. The topological polar surface area (TPSA) is 39.7 Å². The summed E-state index contributed by atoms with van der Waals surface area (Å²) in [6.45, 7) is 10.7. The molecule has 0 spiro atoms. The Balaban J connectivity index is 4.02. The summed E-state index contributed by atoms with van der Waals surface area (Å²) < 4.78 is 17.8. The first-order chi connectivity index (χ1) is 16.4. The number of rotatable bonds is 27. The van der Waals surface area contributed by atoms with E-state index in [2.05, 4.69) is 40.1 Å².